The molecule has 8 nitrogen and oxygen atoms in total. The van der Waals surface area contributed by atoms with E-state index in [1.807, 2.05) is 62.9 Å². The van der Waals surface area contributed by atoms with Crippen molar-refractivity contribution in [1.29, 1.82) is 0 Å². The van der Waals surface area contributed by atoms with Gasteiger partial charge in [0.15, 0.2) is 0 Å². The van der Waals surface area contributed by atoms with Crippen LogP contribution in [0.4, 0.5) is 15.3 Å². The molecule has 0 spiro atoms. The van der Waals surface area contributed by atoms with Gasteiger partial charge in [0.05, 0.1) is 18.8 Å². The summed E-state index contributed by atoms with van der Waals surface area (Å²) < 4.78 is 10.4. The van der Waals surface area contributed by atoms with Gasteiger partial charge in [-0.3, -0.25) is 10.2 Å². The Morgan fingerprint density at radius 2 is 1.78 bits per heavy atom. The number of piperidine rings is 1. The number of aryl methyl sites for hydroxylation is 1. The van der Waals surface area contributed by atoms with E-state index in [9.17, 15) is 9.59 Å². The molecule has 2 N–H and O–H groups in total. The van der Waals surface area contributed by atoms with Gasteiger partial charge in [-0.05, 0) is 58.2 Å². The molecule has 0 radical (unpaired) electrons. The molecule has 1 saturated heterocycles. The minimum Gasteiger partial charge on any atom is -0.453 e. The van der Waals surface area contributed by atoms with Crippen LogP contribution in [-0.2, 0) is 9.47 Å². The highest BCUT2D eigenvalue weighted by Crippen LogP contribution is 2.43. The molecule has 8 heteroatoms. The Balaban J connectivity index is 1.70. The Hall–Kier alpha value is -3.81. The second-order valence-electron chi connectivity index (χ2n) is 10.1. The number of aromatic amines is 1. The van der Waals surface area contributed by atoms with Crippen molar-refractivity contribution in [3.8, 4) is 11.3 Å². The van der Waals surface area contributed by atoms with Gasteiger partial charge in [-0.2, -0.15) is 0 Å². The van der Waals surface area contributed by atoms with Crippen LogP contribution < -0.4 is 5.32 Å². The third kappa shape index (κ3) is 5.70. The molecule has 36 heavy (non-hydrogen) atoms. The lowest BCUT2D eigenvalue weighted by atomic mass is 9.83. The SMILES string of the molecule is COC(=O)Nc1ccc(-c2nc([C@@H]3[C@H](c4ccccc4)CCCN3C(=O)OC(C)(C)C)[nH]c2C)cc1. The minimum absolute atomic E-state index is 0.0810. The predicted octanol–water partition coefficient (Wildman–Crippen LogP) is 6.42. The number of carbonyl (C=O) groups is 2. The monoisotopic (exact) mass is 490 g/mol. The minimum atomic E-state index is -0.592. The van der Waals surface area contributed by atoms with Crippen LogP contribution in [-0.4, -0.2) is 46.3 Å². The summed E-state index contributed by atoms with van der Waals surface area (Å²) in [5, 5.41) is 2.66. The van der Waals surface area contributed by atoms with Crippen molar-refractivity contribution >= 4 is 17.9 Å². The molecule has 0 saturated carbocycles. The number of hydrogen-bond donors (Lipinski definition) is 2. The molecule has 1 fully saturated rings. The summed E-state index contributed by atoms with van der Waals surface area (Å²) >= 11 is 0. The normalized spacial score (nSPS) is 18.0. The van der Waals surface area contributed by atoms with E-state index in [0.29, 0.717) is 12.2 Å². The topological polar surface area (TPSA) is 96.6 Å². The third-order valence-electron chi connectivity index (χ3n) is 6.26. The molecule has 190 valence electrons. The summed E-state index contributed by atoms with van der Waals surface area (Å²) in [6.45, 7) is 8.22. The maximum absolute atomic E-state index is 13.3. The number of benzene rings is 2. The first-order chi connectivity index (χ1) is 17.2. The van der Waals surface area contributed by atoms with E-state index in [1.54, 1.807) is 12.1 Å². The van der Waals surface area contributed by atoms with Gasteiger partial charge in [0.2, 0.25) is 0 Å². The zero-order chi connectivity index (χ0) is 25.9. The molecule has 1 aliphatic heterocycles. The first-order valence-electron chi connectivity index (χ1n) is 12.2. The zero-order valence-corrected chi connectivity index (χ0v) is 21.5. The Labute approximate surface area is 212 Å². The van der Waals surface area contributed by atoms with Crippen molar-refractivity contribution in [3.05, 3.63) is 71.7 Å². The number of hydrogen-bond acceptors (Lipinski definition) is 5. The lowest BCUT2D eigenvalue weighted by Gasteiger charge is -2.41. The summed E-state index contributed by atoms with van der Waals surface area (Å²) in [7, 11) is 1.33. The van der Waals surface area contributed by atoms with Gasteiger partial charge in [-0.15, -0.1) is 0 Å². The van der Waals surface area contributed by atoms with Gasteiger partial charge < -0.3 is 14.5 Å². The predicted molar refractivity (Wildman–Crippen MR) is 139 cm³/mol. The lowest BCUT2D eigenvalue weighted by molar-refractivity contribution is 0.00486. The molecule has 2 amide bonds. The van der Waals surface area contributed by atoms with E-state index >= 15 is 0 Å². The van der Waals surface area contributed by atoms with Crippen LogP contribution in [0.2, 0.25) is 0 Å². The average molecular weight is 491 g/mol. The molecule has 0 aliphatic carbocycles. The molecule has 0 bridgehead atoms. The van der Waals surface area contributed by atoms with Gasteiger partial charge in [0.25, 0.3) is 0 Å². The van der Waals surface area contributed by atoms with E-state index in [2.05, 4.69) is 27.2 Å². The van der Waals surface area contributed by atoms with Gasteiger partial charge in [-0.1, -0.05) is 42.5 Å². The van der Waals surface area contributed by atoms with Gasteiger partial charge in [0.1, 0.15) is 11.4 Å². The van der Waals surface area contributed by atoms with Crippen LogP contribution >= 0.6 is 0 Å². The van der Waals surface area contributed by atoms with Crippen molar-refractivity contribution in [2.45, 2.75) is 58.1 Å². The molecular formula is C28H34N4O4. The second kappa shape index (κ2) is 10.4. The molecular weight excluding hydrogens is 456 g/mol. The van der Waals surface area contributed by atoms with Crippen LogP contribution in [0.1, 0.15) is 62.7 Å². The average Bonchev–Trinajstić information content (AvgIpc) is 3.24. The highest BCUT2D eigenvalue weighted by atomic mass is 16.6. The first-order valence-corrected chi connectivity index (χ1v) is 12.2. The summed E-state index contributed by atoms with van der Waals surface area (Å²) in [6, 6.07) is 17.4. The maximum Gasteiger partial charge on any atom is 0.411 e. The van der Waals surface area contributed by atoms with Crippen molar-refractivity contribution < 1.29 is 19.1 Å². The number of anilines is 1. The van der Waals surface area contributed by atoms with E-state index in [4.69, 9.17) is 9.72 Å². The number of nitrogens with zero attached hydrogens (tertiary/aromatic N) is 2. The number of rotatable bonds is 4. The number of nitrogens with one attached hydrogen (secondary N) is 2. The summed E-state index contributed by atoms with van der Waals surface area (Å²) in [5.74, 6) is 0.816. The van der Waals surface area contributed by atoms with E-state index in [1.165, 1.54) is 12.7 Å². The molecule has 1 aromatic heterocycles. The van der Waals surface area contributed by atoms with E-state index in [0.717, 1.165) is 35.6 Å². The Bertz CT molecular complexity index is 1200. The number of ether oxygens (including phenoxy) is 2. The van der Waals surface area contributed by atoms with Crippen molar-refractivity contribution in [1.82, 2.24) is 14.9 Å². The molecule has 2 atom stereocenters. The van der Waals surface area contributed by atoms with Crippen molar-refractivity contribution in [3.63, 3.8) is 0 Å². The summed E-state index contributed by atoms with van der Waals surface area (Å²) in [4.78, 5) is 35.1. The third-order valence-corrected chi connectivity index (χ3v) is 6.26. The first kappa shape index (κ1) is 25.3. The van der Waals surface area contributed by atoms with Gasteiger partial charge in [0, 0.05) is 29.4 Å². The van der Waals surface area contributed by atoms with Crippen LogP contribution in [0.25, 0.3) is 11.3 Å². The highest BCUT2D eigenvalue weighted by Gasteiger charge is 2.40. The lowest BCUT2D eigenvalue weighted by Crippen LogP contribution is -2.45. The number of H-pyrrole nitrogens is 1. The van der Waals surface area contributed by atoms with Gasteiger partial charge in [-0.25, -0.2) is 14.6 Å². The van der Waals surface area contributed by atoms with Crippen LogP contribution in [0.15, 0.2) is 54.6 Å². The van der Waals surface area contributed by atoms with Crippen molar-refractivity contribution in [2.24, 2.45) is 0 Å². The summed E-state index contributed by atoms with van der Waals surface area (Å²) in [6.07, 6.45) is 0.974. The quantitative estimate of drug-likeness (QED) is 0.440. The van der Waals surface area contributed by atoms with Crippen molar-refractivity contribution in [2.75, 3.05) is 19.0 Å². The van der Waals surface area contributed by atoms with Crippen LogP contribution in [0, 0.1) is 6.92 Å². The molecule has 0 unspecified atom stereocenters. The Morgan fingerprint density at radius 1 is 1.08 bits per heavy atom. The highest BCUT2D eigenvalue weighted by molar-refractivity contribution is 5.85. The molecule has 1 aliphatic rings. The van der Waals surface area contributed by atoms with E-state index in [-0.39, 0.29) is 18.1 Å². The van der Waals surface area contributed by atoms with Crippen LogP contribution in [0.3, 0.4) is 0 Å². The molecule has 2 heterocycles. The number of carbonyl (C=O) groups excluding carboxylic acids is 2. The standard InChI is InChI=1S/C28H34N4O4/c1-18-23(20-13-15-21(16-14-20)30-26(33)35-5)31-25(29-18)24-22(19-10-7-6-8-11-19)12-9-17-32(24)27(34)36-28(2,3)4/h6-8,10-11,13-16,22,24H,9,12,17H2,1-5H3,(H,29,31)(H,30,33)/t22-,24-/m0/s1. The largest absolute Gasteiger partial charge is 0.453 e. The summed E-state index contributed by atoms with van der Waals surface area (Å²) in [5.41, 5.74) is 3.82. The number of amides is 2. The molecule has 4 rings (SSSR count). The number of imidazole rings is 1. The number of likely N-dealkylation sites (tertiary alicyclic amines) is 1. The maximum atomic E-state index is 13.3. The second-order valence-corrected chi connectivity index (χ2v) is 10.1. The fourth-order valence-electron chi connectivity index (χ4n) is 4.69. The fourth-order valence-corrected chi connectivity index (χ4v) is 4.69. The number of methoxy groups -OCH3 is 1. The zero-order valence-electron chi connectivity index (χ0n) is 21.5. The Morgan fingerprint density at radius 3 is 2.42 bits per heavy atom. The Kier molecular flexibility index (Phi) is 7.33. The van der Waals surface area contributed by atoms with Crippen LogP contribution in [0.5, 0.6) is 0 Å². The fraction of sp³-hybridized carbons (Fsp3) is 0.393. The van der Waals surface area contributed by atoms with E-state index < -0.39 is 11.7 Å². The number of aromatic nitrogens is 2. The smallest absolute Gasteiger partial charge is 0.411 e. The van der Waals surface area contributed by atoms with Gasteiger partial charge >= 0.3 is 12.2 Å². The molecule has 3 aromatic rings. The molecule has 2 aromatic carbocycles.